The highest BCUT2D eigenvalue weighted by atomic mass is 16.5. The van der Waals surface area contributed by atoms with Crippen molar-refractivity contribution in [3.8, 4) is 17.2 Å². The summed E-state index contributed by atoms with van der Waals surface area (Å²) < 4.78 is 15.8. The molecule has 0 spiro atoms. The molecule has 1 aromatic carbocycles. The van der Waals surface area contributed by atoms with Crippen molar-refractivity contribution < 1.29 is 19.0 Å². The van der Waals surface area contributed by atoms with Crippen LogP contribution in [0.25, 0.3) is 0 Å². The zero-order chi connectivity index (χ0) is 17.0. The Labute approximate surface area is 134 Å². The second-order valence-electron chi connectivity index (χ2n) is 5.05. The molecule has 124 valence electrons. The van der Waals surface area contributed by atoms with Gasteiger partial charge in [0.15, 0.2) is 11.5 Å². The van der Waals surface area contributed by atoms with Gasteiger partial charge in [0, 0.05) is 29.1 Å². The maximum atomic E-state index is 12.3. The molecule has 0 radical (unpaired) electrons. The summed E-state index contributed by atoms with van der Waals surface area (Å²) in [6.07, 6.45) is 0.241. The molecule has 0 atom stereocenters. The van der Waals surface area contributed by atoms with Crippen LogP contribution in [0.15, 0.2) is 12.1 Å². The molecule has 0 aliphatic carbocycles. The van der Waals surface area contributed by atoms with E-state index in [2.05, 4.69) is 15.5 Å². The van der Waals surface area contributed by atoms with E-state index in [1.807, 2.05) is 13.8 Å². The molecule has 23 heavy (non-hydrogen) atoms. The number of benzene rings is 1. The fourth-order valence-electron chi connectivity index (χ4n) is 2.35. The third-order valence-electron chi connectivity index (χ3n) is 3.57. The van der Waals surface area contributed by atoms with Crippen LogP contribution in [-0.2, 0) is 11.2 Å². The topological polar surface area (TPSA) is 85.5 Å². The van der Waals surface area contributed by atoms with Gasteiger partial charge in [-0.2, -0.15) is 5.10 Å². The molecule has 1 amide bonds. The van der Waals surface area contributed by atoms with Crippen molar-refractivity contribution >= 4 is 11.6 Å². The number of aromatic amines is 1. The van der Waals surface area contributed by atoms with Gasteiger partial charge in [0.2, 0.25) is 11.7 Å². The summed E-state index contributed by atoms with van der Waals surface area (Å²) >= 11 is 0. The number of nitrogens with one attached hydrogen (secondary N) is 2. The number of carbonyl (C=O) groups excluding carboxylic acids is 1. The van der Waals surface area contributed by atoms with E-state index < -0.39 is 0 Å². The lowest BCUT2D eigenvalue weighted by molar-refractivity contribution is -0.115. The van der Waals surface area contributed by atoms with Crippen molar-refractivity contribution in [3.05, 3.63) is 29.1 Å². The minimum atomic E-state index is -0.146. The van der Waals surface area contributed by atoms with Crippen LogP contribution in [0.4, 0.5) is 5.69 Å². The van der Waals surface area contributed by atoms with E-state index in [1.165, 1.54) is 21.3 Å². The number of ether oxygens (including phenoxy) is 3. The normalized spacial score (nSPS) is 10.3. The van der Waals surface area contributed by atoms with Gasteiger partial charge in [0.1, 0.15) is 0 Å². The summed E-state index contributed by atoms with van der Waals surface area (Å²) in [7, 11) is 4.59. The van der Waals surface area contributed by atoms with Crippen LogP contribution in [0, 0.1) is 13.8 Å². The van der Waals surface area contributed by atoms with Gasteiger partial charge in [-0.3, -0.25) is 9.89 Å². The van der Waals surface area contributed by atoms with Gasteiger partial charge >= 0.3 is 0 Å². The third-order valence-corrected chi connectivity index (χ3v) is 3.57. The van der Waals surface area contributed by atoms with Crippen LogP contribution in [0.2, 0.25) is 0 Å². The Kier molecular flexibility index (Phi) is 5.10. The number of aryl methyl sites for hydroxylation is 2. The maximum absolute atomic E-state index is 12.3. The smallest absolute Gasteiger partial charge is 0.228 e. The maximum Gasteiger partial charge on any atom is 0.228 e. The van der Waals surface area contributed by atoms with E-state index in [1.54, 1.807) is 12.1 Å². The molecule has 0 saturated carbocycles. The second kappa shape index (κ2) is 7.04. The van der Waals surface area contributed by atoms with Crippen LogP contribution in [0.3, 0.4) is 0 Å². The molecule has 0 saturated heterocycles. The lowest BCUT2D eigenvalue weighted by Crippen LogP contribution is -2.15. The molecule has 0 bridgehead atoms. The number of carbonyl (C=O) groups is 1. The lowest BCUT2D eigenvalue weighted by Gasteiger charge is -2.14. The molecule has 0 fully saturated rings. The van der Waals surface area contributed by atoms with Crippen molar-refractivity contribution in [1.82, 2.24) is 10.2 Å². The van der Waals surface area contributed by atoms with Gasteiger partial charge in [-0.05, 0) is 13.8 Å². The fraction of sp³-hybridized carbons (Fsp3) is 0.375. The van der Waals surface area contributed by atoms with Crippen LogP contribution >= 0.6 is 0 Å². The van der Waals surface area contributed by atoms with Crippen molar-refractivity contribution in [1.29, 1.82) is 0 Å². The van der Waals surface area contributed by atoms with E-state index in [4.69, 9.17) is 14.2 Å². The average Bonchev–Trinajstić information content (AvgIpc) is 2.85. The van der Waals surface area contributed by atoms with Crippen LogP contribution < -0.4 is 19.5 Å². The van der Waals surface area contributed by atoms with Gasteiger partial charge in [0.25, 0.3) is 0 Å². The number of amides is 1. The van der Waals surface area contributed by atoms with E-state index in [0.717, 1.165) is 17.0 Å². The Morgan fingerprint density at radius 3 is 2.17 bits per heavy atom. The van der Waals surface area contributed by atoms with E-state index in [9.17, 15) is 4.79 Å². The summed E-state index contributed by atoms with van der Waals surface area (Å²) in [4.78, 5) is 12.3. The predicted octanol–water partition coefficient (Wildman–Crippen LogP) is 2.23. The Morgan fingerprint density at radius 1 is 1.13 bits per heavy atom. The minimum absolute atomic E-state index is 0.146. The number of nitrogens with zero attached hydrogens (tertiary/aromatic N) is 1. The van der Waals surface area contributed by atoms with Gasteiger partial charge in [0.05, 0.1) is 33.4 Å². The Hall–Kier alpha value is -2.70. The zero-order valence-electron chi connectivity index (χ0n) is 13.9. The monoisotopic (exact) mass is 319 g/mol. The highest BCUT2D eigenvalue weighted by Gasteiger charge is 2.16. The van der Waals surface area contributed by atoms with Gasteiger partial charge in [-0.1, -0.05) is 0 Å². The molecule has 2 rings (SSSR count). The molecule has 0 unspecified atom stereocenters. The van der Waals surface area contributed by atoms with Crippen LogP contribution in [0.1, 0.15) is 17.0 Å². The molecule has 0 aliphatic heterocycles. The van der Waals surface area contributed by atoms with Crippen LogP contribution in [-0.4, -0.2) is 37.4 Å². The van der Waals surface area contributed by atoms with Crippen molar-refractivity contribution in [2.75, 3.05) is 26.6 Å². The first-order valence-corrected chi connectivity index (χ1v) is 7.10. The molecular weight excluding hydrogens is 298 g/mol. The van der Waals surface area contributed by atoms with E-state index in [-0.39, 0.29) is 12.3 Å². The fourth-order valence-corrected chi connectivity index (χ4v) is 2.35. The number of rotatable bonds is 6. The lowest BCUT2D eigenvalue weighted by atomic mass is 10.1. The second-order valence-corrected chi connectivity index (χ2v) is 5.05. The summed E-state index contributed by atoms with van der Waals surface area (Å²) in [5.41, 5.74) is 3.18. The summed E-state index contributed by atoms with van der Waals surface area (Å²) in [6, 6.07) is 3.38. The molecular formula is C16H21N3O4. The number of anilines is 1. The number of methoxy groups -OCH3 is 3. The quantitative estimate of drug-likeness (QED) is 0.853. The van der Waals surface area contributed by atoms with Crippen molar-refractivity contribution in [2.24, 2.45) is 0 Å². The number of aromatic nitrogens is 2. The molecule has 2 N–H and O–H groups in total. The molecule has 1 aromatic heterocycles. The number of hydrogen-bond donors (Lipinski definition) is 2. The first-order valence-electron chi connectivity index (χ1n) is 7.10. The standard InChI is InChI=1S/C16H21N3O4/c1-9-12(10(2)19-18-9)8-15(20)17-11-6-13(21-3)16(23-5)14(7-11)22-4/h6-7H,8H2,1-5H3,(H,17,20)(H,18,19). The number of hydrogen-bond acceptors (Lipinski definition) is 5. The molecule has 7 nitrogen and oxygen atoms in total. The SMILES string of the molecule is COc1cc(NC(=O)Cc2c(C)n[nH]c2C)cc(OC)c1OC. The molecule has 7 heteroatoms. The average molecular weight is 319 g/mol. The van der Waals surface area contributed by atoms with Gasteiger partial charge in [-0.25, -0.2) is 0 Å². The molecule has 2 aromatic rings. The Morgan fingerprint density at radius 2 is 1.74 bits per heavy atom. The number of H-pyrrole nitrogens is 1. The first kappa shape index (κ1) is 16.7. The van der Waals surface area contributed by atoms with Gasteiger partial charge < -0.3 is 19.5 Å². The van der Waals surface area contributed by atoms with E-state index >= 15 is 0 Å². The van der Waals surface area contributed by atoms with Gasteiger partial charge in [-0.15, -0.1) is 0 Å². The van der Waals surface area contributed by atoms with Crippen molar-refractivity contribution in [3.63, 3.8) is 0 Å². The Bertz CT molecular complexity index is 665. The summed E-state index contributed by atoms with van der Waals surface area (Å²) in [5.74, 6) is 1.30. The highest BCUT2D eigenvalue weighted by molar-refractivity contribution is 5.93. The van der Waals surface area contributed by atoms with Crippen LogP contribution in [0.5, 0.6) is 17.2 Å². The first-order chi connectivity index (χ1) is 11.0. The van der Waals surface area contributed by atoms with Crippen molar-refractivity contribution in [2.45, 2.75) is 20.3 Å². The predicted molar refractivity (Wildman–Crippen MR) is 86.5 cm³/mol. The molecule has 1 heterocycles. The zero-order valence-corrected chi connectivity index (χ0v) is 13.9. The summed E-state index contributed by atoms with van der Waals surface area (Å²) in [5, 5.41) is 9.80. The molecule has 0 aliphatic rings. The largest absolute Gasteiger partial charge is 0.493 e. The highest BCUT2D eigenvalue weighted by Crippen LogP contribution is 2.39. The van der Waals surface area contributed by atoms with E-state index in [0.29, 0.717) is 22.9 Å². The third kappa shape index (κ3) is 3.56. The summed E-state index contributed by atoms with van der Waals surface area (Å²) in [6.45, 7) is 3.76. The Balaban J connectivity index is 2.21. The minimum Gasteiger partial charge on any atom is -0.493 e.